The van der Waals surface area contributed by atoms with Crippen molar-refractivity contribution < 1.29 is 4.39 Å². The number of aliphatic imine (C=N–C) groups is 1. The molecule has 21 heavy (non-hydrogen) atoms. The summed E-state index contributed by atoms with van der Waals surface area (Å²) in [7, 11) is 0. The number of nitrogens with two attached hydrogens (primary N) is 1. The average Bonchev–Trinajstić information content (AvgIpc) is 2.37. The second kappa shape index (κ2) is 6.30. The average molecular weight is 357 g/mol. The Labute approximate surface area is 133 Å². The topological polar surface area (TPSA) is 54.5 Å². The summed E-state index contributed by atoms with van der Waals surface area (Å²) in [5.41, 5.74) is 6.56. The molecule has 0 atom stereocenters. The van der Waals surface area contributed by atoms with Crippen LogP contribution in [0.2, 0.25) is 0 Å². The minimum Gasteiger partial charge on any atom is -0.387 e. The molecule has 0 radical (unpaired) electrons. The zero-order valence-corrected chi connectivity index (χ0v) is 14.3. The van der Waals surface area contributed by atoms with Crippen molar-refractivity contribution in [1.29, 1.82) is 0 Å². The van der Waals surface area contributed by atoms with Gasteiger partial charge in [-0.15, -0.1) is 0 Å². The zero-order chi connectivity index (χ0) is 15.6. The molecule has 0 saturated carbocycles. The Balaban J connectivity index is 2.06. The van der Waals surface area contributed by atoms with Gasteiger partial charge in [-0.3, -0.25) is 9.98 Å². The number of nitrogens with zero attached hydrogens (tertiary/aromatic N) is 3. The van der Waals surface area contributed by atoms with E-state index in [1.807, 2.05) is 25.7 Å². The lowest BCUT2D eigenvalue weighted by atomic mass is 9.94. The number of pyridine rings is 1. The molecule has 1 aromatic rings. The number of rotatable bonds is 2. The van der Waals surface area contributed by atoms with Gasteiger partial charge in [0.25, 0.3) is 0 Å². The molecule has 6 heteroatoms. The van der Waals surface area contributed by atoms with E-state index in [1.165, 1.54) is 6.20 Å². The van der Waals surface area contributed by atoms with E-state index < -0.39 is 0 Å². The van der Waals surface area contributed by atoms with Crippen molar-refractivity contribution in [3.63, 3.8) is 0 Å². The molecule has 0 unspecified atom stereocenters. The maximum Gasteiger partial charge on any atom is 0.165 e. The van der Waals surface area contributed by atoms with Gasteiger partial charge in [-0.25, -0.2) is 4.39 Å². The number of hydrogen-bond acceptors (Lipinski definition) is 3. The fourth-order valence-corrected chi connectivity index (χ4v) is 3.14. The molecule has 2 N–H and O–H groups in total. The molecule has 0 bridgehead atoms. The van der Waals surface area contributed by atoms with Gasteiger partial charge >= 0.3 is 0 Å². The van der Waals surface area contributed by atoms with Gasteiger partial charge in [0.2, 0.25) is 0 Å². The quantitative estimate of drug-likeness (QED) is 0.652. The van der Waals surface area contributed by atoms with Gasteiger partial charge in [0.15, 0.2) is 5.82 Å². The van der Waals surface area contributed by atoms with E-state index in [0.717, 1.165) is 31.8 Å². The summed E-state index contributed by atoms with van der Waals surface area (Å²) in [5.74, 6) is 0.708. The first-order valence-corrected chi connectivity index (χ1v) is 7.96. The maximum atomic E-state index is 13.9. The summed E-state index contributed by atoms with van der Waals surface area (Å²) in [6, 6.07) is 0. The highest BCUT2D eigenvalue weighted by Crippen LogP contribution is 2.31. The molecule has 2 heterocycles. The van der Waals surface area contributed by atoms with Crippen LogP contribution in [0.5, 0.6) is 0 Å². The van der Waals surface area contributed by atoms with Crippen LogP contribution in [0.3, 0.4) is 0 Å². The van der Waals surface area contributed by atoms with Gasteiger partial charge < -0.3 is 10.6 Å². The molecule has 4 nitrogen and oxygen atoms in total. The Kier molecular flexibility index (Phi) is 4.86. The van der Waals surface area contributed by atoms with Gasteiger partial charge in [0.05, 0.1) is 27.7 Å². The van der Waals surface area contributed by atoms with Crippen LogP contribution >= 0.6 is 15.9 Å². The van der Waals surface area contributed by atoms with Crippen molar-refractivity contribution in [2.45, 2.75) is 39.2 Å². The summed E-state index contributed by atoms with van der Waals surface area (Å²) in [4.78, 5) is 10.4. The molecule has 2 rings (SSSR count). The van der Waals surface area contributed by atoms with Crippen molar-refractivity contribution in [1.82, 2.24) is 4.98 Å². The predicted octanol–water partition coefficient (Wildman–Crippen LogP) is 3.36. The highest BCUT2D eigenvalue weighted by Gasteiger charge is 2.25. The van der Waals surface area contributed by atoms with Gasteiger partial charge in [-0.05, 0) is 49.5 Å². The number of hydrogen-bond donors (Lipinski definition) is 1. The van der Waals surface area contributed by atoms with Crippen LogP contribution in [0.1, 0.15) is 33.6 Å². The molecule has 1 aromatic heterocycles. The van der Waals surface area contributed by atoms with E-state index >= 15 is 0 Å². The monoisotopic (exact) mass is 356 g/mol. The van der Waals surface area contributed by atoms with Crippen molar-refractivity contribution in [3.05, 3.63) is 22.7 Å². The van der Waals surface area contributed by atoms with Crippen LogP contribution < -0.4 is 10.6 Å². The molecule has 0 amide bonds. The van der Waals surface area contributed by atoms with Crippen molar-refractivity contribution in [3.8, 4) is 0 Å². The van der Waals surface area contributed by atoms with Crippen molar-refractivity contribution in [2.75, 3.05) is 18.0 Å². The molecular formula is C15H22BrFN4. The second-order valence-electron chi connectivity index (χ2n) is 6.42. The minimum atomic E-state index is -0.292. The van der Waals surface area contributed by atoms with E-state index in [4.69, 9.17) is 5.73 Å². The molecule has 0 aliphatic carbocycles. The summed E-state index contributed by atoms with van der Waals surface area (Å²) < 4.78 is 14.6. The third-order valence-electron chi connectivity index (χ3n) is 3.52. The lowest BCUT2D eigenvalue weighted by Crippen LogP contribution is -2.40. The summed E-state index contributed by atoms with van der Waals surface area (Å²) >= 11 is 3.37. The summed E-state index contributed by atoms with van der Waals surface area (Å²) in [5, 5.41) is 0. The van der Waals surface area contributed by atoms with E-state index in [2.05, 4.69) is 25.9 Å². The number of piperidine rings is 1. The van der Waals surface area contributed by atoms with Crippen molar-refractivity contribution in [2.24, 2.45) is 16.6 Å². The molecule has 1 saturated heterocycles. The number of anilines is 1. The maximum absolute atomic E-state index is 13.9. The molecule has 0 spiro atoms. The number of amidine groups is 1. The summed E-state index contributed by atoms with van der Waals surface area (Å²) in [6.45, 7) is 7.66. The Bertz CT molecular complexity index is 511. The SMILES string of the molecule is CC(C)(C)N=C(N)C1CCN(c2c(F)cncc2Br)CC1. The molecule has 116 valence electrons. The fourth-order valence-electron chi connectivity index (χ4n) is 2.58. The largest absolute Gasteiger partial charge is 0.387 e. The Morgan fingerprint density at radius 1 is 1.38 bits per heavy atom. The lowest BCUT2D eigenvalue weighted by Gasteiger charge is -2.34. The first kappa shape index (κ1) is 16.2. The van der Waals surface area contributed by atoms with Crippen LogP contribution in [0, 0.1) is 11.7 Å². The lowest BCUT2D eigenvalue weighted by molar-refractivity contribution is 0.481. The van der Waals surface area contributed by atoms with E-state index in [0.29, 0.717) is 10.2 Å². The fraction of sp³-hybridized carbons (Fsp3) is 0.600. The highest BCUT2D eigenvalue weighted by atomic mass is 79.9. The van der Waals surface area contributed by atoms with Gasteiger partial charge in [-0.1, -0.05) is 0 Å². The third-order valence-corrected chi connectivity index (χ3v) is 4.10. The van der Waals surface area contributed by atoms with Crippen LogP contribution in [-0.2, 0) is 0 Å². The second-order valence-corrected chi connectivity index (χ2v) is 7.27. The van der Waals surface area contributed by atoms with E-state index in [9.17, 15) is 4.39 Å². The minimum absolute atomic E-state index is 0.151. The predicted molar refractivity (Wildman–Crippen MR) is 88.2 cm³/mol. The first-order chi connectivity index (χ1) is 9.78. The normalized spacial score (nSPS) is 18.1. The van der Waals surface area contributed by atoms with Gasteiger partial charge in [-0.2, -0.15) is 0 Å². The molecule has 0 aromatic carbocycles. The molecule has 1 aliphatic heterocycles. The van der Waals surface area contributed by atoms with E-state index in [-0.39, 0.29) is 17.3 Å². The zero-order valence-electron chi connectivity index (χ0n) is 12.7. The standard InChI is InChI=1S/C15H22BrFN4/c1-15(2,3)20-14(18)10-4-6-21(7-5-10)13-11(16)8-19-9-12(13)17/h8-10H,4-7H2,1-3H3,(H2,18,20). The Morgan fingerprint density at radius 2 is 2.00 bits per heavy atom. The number of aromatic nitrogens is 1. The van der Waals surface area contributed by atoms with E-state index in [1.54, 1.807) is 6.20 Å². The smallest absolute Gasteiger partial charge is 0.165 e. The van der Waals surface area contributed by atoms with Crippen LogP contribution in [0.15, 0.2) is 21.9 Å². The summed E-state index contributed by atoms with van der Waals surface area (Å²) in [6.07, 6.45) is 4.65. The number of halogens is 2. The molecule has 1 fully saturated rings. The highest BCUT2D eigenvalue weighted by molar-refractivity contribution is 9.10. The molecular weight excluding hydrogens is 335 g/mol. The van der Waals surface area contributed by atoms with Crippen LogP contribution in [-0.4, -0.2) is 29.4 Å². The van der Waals surface area contributed by atoms with Crippen molar-refractivity contribution >= 4 is 27.5 Å². The molecule has 1 aliphatic rings. The van der Waals surface area contributed by atoms with Crippen LogP contribution in [0.25, 0.3) is 0 Å². The first-order valence-electron chi connectivity index (χ1n) is 7.17. The Hall–Kier alpha value is -1.17. The van der Waals surface area contributed by atoms with Crippen LogP contribution in [0.4, 0.5) is 10.1 Å². The third kappa shape index (κ3) is 4.15. The van der Waals surface area contributed by atoms with Gasteiger partial charge in [0.1, 0.15) is 0 Å². The van der Waals surface area contributed by atoms with Gasteiger partial charge in [0, 0.05) is 25.2 Å². The Morgan fingerprint density at radius 3 is 2.52 bits per heavy atom.